The monoisotopic (exact) mass is 508 g/mol. The lowest BCUT2D eigenvalue weighted by atomic mass is 10.1. The van der Waals surface area contributed by atoms with Crippen LogP contribution in [0.15, 0.2) is 36.5 Å². The number of nitrogens with zero attached hydrogens (tertiary/aromatic N) is 3. The van der Waals surface area contributed by atoms with Crippen LogP contribution in [0.4, 0.5) is 0 Å². The molecule has 2 aromatic heterocycles. The number of rotatable bonds is 10. The number of methoxy groups -OCH3 is 2. The van der Waals surface area contributed by atoms with Crippen molar-refractivity contribution in [3.63, 3.8) is 0 Å². The maximum Gasteiger partial charge on any atom is 0.223 e. The minimum absolute atomic E-state index is 0.0493. The van der Waals surface area contributed by atoms with Gasteiger partial charge in [0, 0.05) is 50.3 Å². The second-order valence-corrected chi connectivity index (χ2v) is 9.08. The van der Waals surface area contributed by atoms with Gasteiger partial charge < -0.3 is 29.0 Å². The first-order valence-electron chi connectivity index (χ1n) is 12.5. The molecule has 5 rings (SSSR count). The fraction of sp³-hybridized carbons (Fsp3) is 0.444. The Hall–Kier alpha value is -3.63. The molecule has 10 heteroatoms. The predicted molar refractivity (Wildman–Crippen MR) is 137 cm³/mol. The fourth-order valence-corrected chi connectivity index (χ4v) is 4.55. The van der Waals surface area contributed by atoms with Crippen LogP contribution in [0.3, 0.4) is 0 Å². The van der Waals surface area contributed by atoms with Crippen molar-refractivity contribution in [3.05, 3.63) is 36.5 Å². The molecule has 0 saturated carbocycles. The number of carbonyl (C=O) groups is 1. The van der Waals surface area contributed by atoms with Crippen LogP contribution >= 0.6 is 0 Å². The lowest BCUT2D eigenvalue weighted by molar-refractivity contribution is -0.119. The van der Waals surface area contributed by atoms with Crippen LogP contribution in [0.2, 0.25) is 0 Å². The van der Waals surface area contributed by atoms with E-state index in [1.54, 1.807) is 20.4 Å². The number of benzene rings is 1. The van der Waals surface area contributed by atoms with Gasteiger partial charge in [0.2, 0.25) is 17.5 Å². The van der Waals surface area contributed by atoms with Crippen molar-refractivity contribution in [3.8, 4) is 34.4 Å². The molecule has 2 aliphatic heterocycles. The van der Waals surface area contributed by atoms with E-state index in [4.69, 9.17) is 28.7 Å². The van der Waals surface area contributed by atoms with E-state index in [9.17, 15) is 4.79 Å². The van der Waals surface area contributed by atoms with Crippen LogP contribution in [-0.2, 0) is 9.53 Å². The molecule has 2 saturated heterocycles. The number of nitrogens with one attached hydrogen (secondary N) is 1. The number of hydrogen-bond donors (Lipinski definition) is 1. The Bertz CT molecular complexity index is 1220. The Morgan fingerprint density at radius 2 is 1.89 bits per heavy atom. The van der Waals surface area contributed by atoms with Crippen LogP contribution in [0.1, 0.15) is 6.42 Å². The van der Waals surface area contributed by atoms with Crippen LogP contribution in [0, 0.1) is 5.92 Å². The van der Waals surface area contributed by atoms with E-state index in [2.05, 4.69) is 15.2 Å². The van der Waals surface area contributed by atoms with Crippen LogP contribution in [0.25, 0.3) is 22.2 Å². The minimum Gasteiger partial charge on any atom is -0.493 e. The van der Waals surface area contributed by atoms with Crippen molar-refractivity contribution in [2.45, 2.75) is 6.42 Å². The van der Waals surface area contributed by atoms with E-state index < -0.39 is 0 Å². The highest BCUT2D eigenvalue weighted by molar-refractivity contribution is 5.87. The summed E-state index contributed by atoms with van der Waals surface area (Å²) < 4.78 is 29.0. The van der Waals surface area contributed by atoms with E-state index in [-0.39, 0.29) is 11.8 Å². The maximum absolute atomic E-state index is 11.6. The van der Waals surface area contributed by atoms with E-state index in [0.29, 0.717) is 55.0 Å². The largest absolute Gasteiger partial charge is 0.493 e. The number of fused-ring (bicyclic) bond motifs is 1. The quantitative estimate of drug-likeness (QED) is 0.442. The van der Waals surface area contributed by atoms with Gasteiger partial charge in [-0.1, -0.05) is 0 Å². The van der Waals surface area contributed by atoms with Gasteiger partial charge >= 0.3 is 0 Å². The molecule has 196 valence electrons. The third-order valence-corrected chi connectivity index (χ3v) is 6.60. The third-order valence-electron chi connectivity index (χ3n) is 6.60. The summed E-state index contributed by atoms with van der Waals surface area (Å²) in [5.41, 5.74) is 2.20. The van der Waals surface area contributed by atoms with Gasteiger partial charge in [-0.15, -0.1) is 0 Å². The van der Waals surface area contributed by atoms with Crippen LogP contribution < -0.4 is 24.3 Å². The van der Waals surface area contributed by atoms with Gasteiger partial charge in [0.25, 0.3) is 0 Å². The Morgan fingerprint density at radius 1 is 1.11 bits per heavy atom. The lowest BCUT2D eigenvalue weighted by Crippen LogP contribution is -2.38. The molecule has 4 heterocycles. The average molecular weight is 509 g/mol. The van der Waals surface area contributed by atoms with Crippen molar-refractivity contribution >= 4 is 16.8 Å². The lowest BCUT2D eigenvalue weighted by Gasteiger charge is -2.26. The summed E-state index contributed by atoms with van der Waals surface area (Å²) in [6.45, 7) is 5.58. The number of morpholine rings is 1. The number of carbonyl (C=O) groups excluding carboxylic acids is 1. The second-order valence-electron chi connectivity index (χ2n) is 9.08. The number of hydrogen-bond acceptors (Lipinski definition) is 9. The van der Waals surface area contributed by atoms with Gasteiger partial charge in [-0.25, -0.2) is 4.98 Å². The van der Waals surface area contributed by atoms with Crippen molar-refractivity contribution in [1.29, 1.82) is 0 Å². The molecule has 37 heavy (non-hydrogen) atoms. The summed E-state index contributed by atoms with van der Waals surface area (Å²) in [7, 11) is 3.21. The zero-order valence-electron chi connectivity index (χ0n) is 21.2. The molecule has 2 aliphatic rings. The second kappa shape index (κ2) is 11.6. The first-order chi connectivity index (χ1) is 18.1. The van der Waals surface area contributed by atoms with Gasteiger partial charge in [-0.3, -0.25) is 14.7 Å². The van der Waals surface area contributed by atoms with E-state index >= 15 is 0 Å². The molecule has 0 radical (unpaired) electrons. The van der Waals surface area contributed by atoms with Crippen LogP contribution in [-0.4, -0.2) is 87.6 Å². The summed E-state index contributed by atoms with van der Waals surface area (Å²) in [4.78, 5) is 23.2. The van der Waals surface area contributed by atoms with Gasteiger partial charge in [-0.05, 0) is 30.3 Å². The Morgan fingerprint density at radius 3 is 2.59 bits per heavy atom. The third kappa shape index (κ3) is 5.86. The van der Waals surface area contributed by atoms with Gasteiger partial charge in [0.05, 0.1) is 50.6 Å². The SMILES string of the molecule is COc1cc(-c2cc3ncccc3c(OC[C@H]3CNC(=O)C3)n2)cc(OC)c1OCCN1CCOCC1. The highest BCUT2D eigenvalue weighted by atomic mass is 16.5. The molecular weight excluding hydrogens is 476 g/mol. The Kier molecular flexibility index (Phi) is 7.86. The van der Waals surface area contributed by atoms with Crippen molar-refractivity contribution < 1.29 is 28.5 Å². The summed E-state index contributed by atoms with van der Waals surface area (Å²) >= 11 is 0. The minimum atomic E-state index is 0.0493. The molecule has 10 nitrogen and oxygen atoms in total. The molecular formula is C27H32N4O6. The molecule has 0 spiro atoms. The number of ether oxygens (including phenoxy) is 5. The standard InChI is InChI=1S/C27H32N4O6/c1-33-23-13-19(14-24(34-2)26(23)36-11-8-31-6-9-35-10-7-31)21-15-22-20(4-3-5-28-22)27(30-21)37-17-18-12-25(32)29-16-18/h3-5,13-15,18H,6-12,16-17H2,1-2H3,(H,29,32)/t18-/m1/s1. The van der Waals surface area contributed by atoms with Crippen molar-refractivity contribution in [2.24, 2.45) is 5.92 Å². The summed E-state index contributed by atoms with van der Waals surface area (Å²) in [6, 6.07) is 9.46. The highest BCUT2D eigenvalue weighted by Gasteiger charge is 2.23. The zero-order chi connectivity index (χ0) is 25.6. The number of aromatic nitrogens is 2. The van der Waals surface area contributed by atoms with E-state index in [1.165, 1.54) is 0 Å². The van der Waals surface area contributed by atoms with Crippen molar-refractivity contribution in [1.82, 2.24) is 20.2 Å². The Labute approximate surface area is 215 Å². The van der Waals surface area contributed by atoms with Gasteiger partial charge in [0.15, 0.2) is 11.5 Å². The molecule has 1 atom stereocenters. The molecule has 2 fully saturated rings. The number of pyridine rings is 2. The zero-order valence-corrected chi connectivity index (χ0v) is 21.2. The highest BCUT2D eigenvalue weighted by Crippen LogP contribution is 2.42. The normalized spacial score (nSPS) is 18.0. The smallest absolute Gasteiger partial charge is 0.223 e. The summed E-state index contributed by atoms with van der Waals surface area (Å²) in [6.07, 6.45) is 2.19. The van der Waals surface area contributed by atoms with Crippen LogP contribution in [0.5, 0.6) is 23.1 Å². The topological polar surface area (TPSA) is 104 Å². The van der Waals surface area contributed by atoms with Gasteiger partial charge in [-0.2, -0.15) is 0 Å². The molecule has 3 aromatic rings. The van der Waals surface area contributed by atoms with E-state index in [0.717, 1.165) is 49.3 Å². The summed E-state index contributed by atoms with van der Waals surface area (Å²) in [5, 5.41) is 3.66. The molecule has 0 bridgehead atoms. The first-order valence-corrected chi connectivity index (χ1v) is 12.5. The molecule has 1 aromatic carbocycles. The Balaban J connectivity index is 1.41. The fourth-order valence-electron chi connectivity index (χ4n) is 4.55. The molecule has 1 amide bonds. The van der Waals surface area contributed by atoms with E-state index in [1.807, 2.05) is 30.3 Å². The van der Waals surface area contributed by atoms with Gasteiger partial charge in [0.1, 0.15) is 6.61 Å². The summed E-state index contributed by atoms with van der Waals surface area (Å²) in [5.74, 6) is 2.29. The first kappa shape index (κ1) is 25.0. The molecule has 0 unspecified atom stereocenters. The molecule has 1 N–H and O–H groups in total. The molecule has 0 aliphatic carbocycles. The maximum atomic E-state index is 11.6. The average Bonchev–Trinajstić information content (AvgIpc) is 3.36. The predicted octanol–water partition coefficient (Wildman–Crippen LogP) is 2.54. The van der Waals surface area contributed by atoms with Crippen molar-refractivity contribution in [2.75, 3.05) is 66.8 Å². The number of amides is 1.